The Bertz CT molecular complexity index is 1100. The van der Waals surface area contributed by atoms with Crippen LogP contribution in [-0.2, 0) is 4.79 Å². The summed E-state index contributed by atoms with van der Waals surface area (Å²) in [6.45, 7) is 0.106. The Labute approximate surface area is 157 Å². The quantitative estimate of drug-likeness (QED) is 0.421. The molecule has 3 aromatic carbocycles. The Morgan fingerprint density at radius 2 is 1.81 bits per heavy atom. The first-order valence-electron chi connectivity index (χ1n) is 8.29. The van der Waals surface area contributed by atoms with Crippen molar-refractivity contribution in [2.45, 2.75) is 0 Å². The van der Waals surface area contributed by atoms with Crippen molar-refractivity contribution in [3.63, 3.8) is 0 Å². The molecule has 0 unspecified atom stereocenters. The highest BCUT2D eigenvalue weighted by molar-refractivity contribution is 6.13. The maximum Gasteiger partial charge on any atom is 0.266 e. The molecule has 27 heavy (non-hydrogen) atoms. The molecule has 0 saturated carbocycles. The number of carbonyl (C=O) groups is 1. The van der Waals surface area contributed by atoms with Crippen LogP contribution in [0.1, 0.15) is 5.56 Å². The maximum absolute atomic E-state index is 12.6. The number of fused-ring (bicyclic) bond motifs is 1. The van der Waals surface area contributed by atoms with Gasteiger partial charge in [0.2, 0.25) is 0 Å². The Hall–Kier alpha value is -4.02. The van der Waals surface area contributed by atoms with Gasteiger partial charge >= 0.3 is 0 Å². The average Bonchev–Trinajstić information content (AvgIpc) is 2.71. The Balaban J connectivity index is 1.90. The number of terminal acetylenes is 1. The van der Waals surface area contributed by atoms with Gasteiger partial charge in [-0.3, -0.25) is 4.79 Å². The van der Waals surface area contributed by atoms with E-state index in [0.29, 0.717) is 17.0 Å². The Morgan fingerprint density at radius 3 is 2.63 bits per heavy atom. The number of nitrogens with zero attached hydrogens (tertiary/aromatic N) is 1. The molecule has 0 radical (unpaired) electrons. The molecule has 3 aromatic rings. The van der Waals surface area contributed by atoms with E-state index in [-0.39, 0.29) is 12.2 Å². The number of anilines is 1. The summed E-state index contributed by atoms with van der Waals surface area (Å²) in [7, 11) is 0. The van der Waals surface area contributed by atoms with Crippen molar-refractivity contribution in [1.29, 1.82) is 5.26 Å². The zero-order valence-electron chi connectivity index (χ0n) is 14.5. The summed E-state index contributed by atoms with van der Waals surface area (Å²) in [5.74, 6) is 2.43. The lowest BCUT2D eigenvalue weighted by atomic mass is 10.1. The largest absolute Gasteiger partial charge is 0.480 e. The van der Waals surface area contributed by atoms with Crippen LogP contribution in [0.15, 0.2) is 72.3 Å². The topological polar surface area (TPSA) is 62.1 Å². The molecule has 0 fully saturated rings. The summed E-state index contributed by atoms with van der Waals surface area (Å²) < 4.78 is 5.47. The summed E-state index contributed by atoms with van der Waals surface area (Å²) in [6, 6.07) is 22.4. The van der Waals surface area contributed by atoms with Gasteiger partial charge in [0.25, 0.3) is 5.91 Å². The lowest BCUT2D eigenvalue weighted by Crippen LogP contribution is -2.13. The fraction of sp³-hybridized carbons (Fsp3) is 0.0435. The van der Waals surface area contributed by atoms with Gasteiger partial charge in [0.1, 0.15) is 24.0 Å². The highest BCUT2D eigenvalue weighted by Gasteiger charge is 2.12. The number of rotatable bonds is 5. The normalized spacial score (nSPS) is 10.7. The second-order valence-electron chi connectivity index (χ2n) is 5.68. The van der Waals surface area contributed by atoms with Crippen LogP contribution < -0.4 is 10.1 Å². The molecule has 0 aliphatic carbocycles. The molecule has 4 nitrogen and oxygen atoms in total. The number of nitrogens with one attached hydrogen (secondary N) is 1. The SMILES string of the molecule is C#CCOc1ccccc1/C=C(\C#N)C(=O)Nc1cccc2ccccc12. The van der Waals surface area contributed by atoms with Gasteiger partial charge in [-0.25, -0.2) is 0 Å². The number of benzene rings is 3. The van der Waals surface area contributed by atoms with Gasteiger partial charge in [-0.2, -0.15) is 5.26 Å². The van der Waals surface area contributed by atoms with Crippen LogP contribution in [0.4, 0.5) is 5.69 Å². The Morgan fingerprint density at radius 1 is 1.07 bits per heavy atom. The standard InChI is InChI=1S/C23H16N2O2/c1-2-14-27-22-13-6-4-9-18(22)15-19(16-24)23(26)25-21-12-7-10-17-8-3-5-11-20(17)21/h1,3-13,15H,14H2,(H,25,26)/b19-15+. The third-order valence-electron chi connectivity index (χ3n) is 3.93. The highest BCUT2D eigenvalue weighted by Crippen LogP contribution is 2.25. The van der Waals surface area contributed by atoms with Gasteiger partial charge in [0, 0.05) is 16.6 Å². The van der Waals surface area contributed by atoms with Crippen molar-refractivity contribution >= 4 is 28.4 Å². The van der Waals surface area contributed by atoms with Crippen LogP contribution in [0, 0.1) is 23.7 Å². The van der Waals surface area contributed by atoms with E-state index in [1.54, 1.807) is 30.3 Å². The summed E-state index contributed by atoms with van der Waals surface area (Å²) in [5, 5.41) is 14.2. The van der Waals surface area contributed by atoms with Crippen molar-refractivity contribution in [1.82, 2.24) is 0 Å². The smallest absolute Gasteiger partial charge is 0.266 e. The second kappa shape index (κ2) is 8.38. The molecule has 0 atom stereocenters. The first-order valence-corrected chi connectivity index (χ1v) is 8.29. The summed E-state index contributed by atoms with van der Waals surface area (Å²) in [6.07, 6.45) is 6.72. The number of nitriles is 1. The van der Waals surface area contributed by atoms with Crippen molar-refractivity contribution < 1.29 is 9.53 Å². The molecule has 0 aliphatic heterocycles. The summed E-state index contributed by atoms with van der Waals surface area (Å²) in [4.78, 5) is 12.6. The molecule has 130 valence electrons. The molecule has 0 spiro atoms. The van der Waals surface area contributed by atoms with E-state index in [1.807, 2.05) is 42.5 Å². The van der Waals surface area contributed by atoms with E-state index in [9.17, 15) is 10.1 Å². The predicted octanol–water partition coefficient (Wildman–Crippen LogP) is 4.40. The predicted molar refractivity (Wildman–Crippen MR) is 107 cm³/mol. The summed E-state index contributed by atoms with van der Waals surface area (Å²) in [5.41, 5.74) is 1.23. The molecule has 1 N–H and O–H groups in total. The van der Waals surface area contributed by atoms with Crippen LogP contribution in [0.2, 0.25) is 0 Å². The number of amides is 1. The minimum absolute atomic E-state index is 0.0281. The Kier molecular flexibility index (Phi) is 5.52. The van der Waals surface area contributed by atoms with Crippen molar-refractivity contribution in [2.24, 2.45) is 0 Å². The zero-order valence-corrected chi connectivity index (χ0v) is 14.5. The van der Waals surface area contributed by atoms with Gasteiger partial charge in [0.15, 0.2) is 0 Å². The van der Waals surface area contributed by atoms with E-state index in [2.05, 4.69) is 11.2 Å². The van der Waals surface area contributed by atoms with E-state index in [1.165, 1.54) is 6.08 Å². The zero-order chi connectivity index (χ0) is 19.1. The average molecular weight is 352 g/mol. The van der Waals surface area contributed by atoms with Crippen LogP contribution in [0.25, 0.3) is 16.8 Å². The molecule has 3 rings (SSSR count). The molecule has 0 aromatic heterocycles. The number of carbonyl (C=O) groups excluding carboxylic acids is 1. The molecule has 1 amide bonds. The second-order valence-corrected chi connectivity index (χ2v) is 5.68. The number of hydrogen-bond donors (Lipinski definition) is 1. The van der Waals surface area contributed by atoms with Gasteiger partial charge in [-0.05, 0) is 23.6 Å². The van der Waals surface area contributed by atoms with Crippen molar-refractivity contribution in [3.05, 3.63) is 77.9 Å². The first kappa shape index (κ1) is 17.8. The molecule has 4 heteroatoms. The number of hydrogen-bond acceptors (Lipinski definition) is 3. The number of ether oxygens (including phenoxy) is 1. The van der Waals surface area contributed by atoms with Gasteiger partial charge in [-0.15, -0.1) is 6.42 Å². The molecule has 0 aliphatic rings. The first-order chi connectivity index (χ1) is 13.2. The molecule has 0 saturated heterocycles. The van der Waals surface area contributed by atoms with Crippen LogP contribution in [0.3, 0.4) is 0 Å². The van der Waals surface area contributed by atoms with Crippen LogP contribution in [0.5, 0.6) is 5.75 Å². The van der Waals surface area contributed by atoms with E-state index < -0.39 is 5.91 Å². The summed E-state index contributed by atoms with van der Waals surface area (Å²) >= 11 is 0. The number of para-hydroxylation sites is 1. The lowest BCUT2D eigenvalue weighted by Gasteiger charge is -2.09. The highest BCUT2D eigenvalue weighted by atomic mass is 16.5. The monoisotopic (exact) mass is 352 g/mol. The van der Waals surface area contributed by atoms with E-state index >= 15 is 0 Å². The lowest BCUT2D eigenvalue weighted by molar-refractivity contribution is -0.112. The van der Waals surface area contributed by atoms with Crippen LogP contribution in [-0.4, -0.2) is 12.5 Å². The van der Waals surface area contributed by atoms with Crippen molar-refractivity contribution in [2.75, 3.05) is 11.9 Å². The minimum atomic E-state index is -0.486. The fourth-order valence-corrected chi connectivity index (χ4v) is 2.68. The van der Waals surface area contributed by atoms with Crippen LogP contribution >= 0.6 is 0 Å². The molecule has 0 heterocycles. The maximum atomic E-state index is 12.6. The third kappa shape index (κ3) is 4.15. The van der Waals surface area contributed by atoms with Gasteiger partial charge < -0.3 is 10.1 Å². The van der Waals surface area contributed by atoms with Gasteiger partial charge in [-0.1, -0.05) is 60.5 Å². The van der Waals surface area contributed by atoms with E-state index in [0.717, 1.165) is 10.8 Å². The van der Waals surface area contributed by atoms with E-state index in [4.69, 9.17) is 11.2 Å². The minimum Gasteiger partial charge on any atom is -0.480 e. The molecular weight excluding hydrogens is 336 g/mol. The molecule has 0 bridgehead atoms. The fourth-order valence-electron chi connectivity index (χ4n) is 2.68. The third-order valence-corrected chi connectivity index (χ3v) is 3.93. The molecular formula is C23H16N2O2. The van der Waals surface area contributed by atoms with Crippen molar-refractivity contribution in [3.8, 4) is 24.2 Å². The van der Waals surface area contributed by atoms with Gasteiger partial charge in [0.05, 0.1) is 0 Å².